The third-order valence-electron chi connectivity index (χ3n) is 7.15. The molecule has 1 aromatic heterocycles. The number of anilines is 1. The lowest BCUT2D eigenvalue weighted by Gasteiger charge is -2.23. The molecule has 5 aromatic rings. The highest BCUT2D eigenvalue weighted by Gasteiger charge is 2.32. The fraction of sp³-hybridized carbons (Fsp3) is 0.147. The van der Waals surface area contributed by atoms with Crippen LogP contribution in [0, 0.1) is 6.92 Å². The van der Waals surface area contributed by atoms with Gasteiger partial charge in [0.25, 0.3) is 0 Å². The zero-order valence-corrected chi connectivity index (χ0v) is 22.8. The molecule has 0 amide bonds. The van der Waals surface area contributed by atoms with Gasteiger partial charge in [0.2, 0.25) is 5.95 Å². The number of aryl methyl sites for hydroxylation is 1. The Balaban J connectivity index is 1.52. The van der Waals surface area contributed by atoms with Crippen LogP contribution >= 0.6 is 0 Å². The van der Waals surface area contributed by atoms with Crippen molar-refractivity contribution in [1.82, 2.24) is 9.97 Å². The molecular formula is C34H30N4O2. The summed E-state index contributed by atoms with van der Waals surface area (Å²) in [5, 5.41) is 7.08. The maximum atomic E-state index is 5.59. The normalized spacial score (nSPS) is 14.6. The predicted molar refractivity (Wildman–Crippen MR) is 160 cm³/mol. The molecule has 0 N–H and O–H groups in total. The van der Waals surface area contributed by atoms with Crippen molar-refractivity contribution in [1.29, 1.82) is 0 Å². The Hall–Kier alpha value is -4.97. The molecular weight excluding hydrogens is 496 g/mol. The lowest BCUT2D eigenvalue weighted by molar-refractivity contribution is 0.355. The fourth-order valence-corrected chi connectivity index (χ4v) is 4.99. The summed E-state index contributed by atoms with van der Waals surface area (Å²) in [7, 11) is 3.27. The van der Waals surface area contributed by atoms with Crippen LogP contribution in [0.15, 0.2) is 114 Å². The van der Waals surface area contributed by atoms with E-state index >= 15 is 0 Å². The lowest BCUT2D eigenvalue weighted by atomic mass is 9.98. The average Bonchev–Trinajstić information content (AvgIpc) is 3.47. The van der Waals surface area contributed by atoms with E-state index in [0.29, 0.717) is 17.4 Å². The number of nitrogens with zero attached hydrogens (tertiary/aromatic N) is 4. The molecule has 1 aliphatic rings. The van der Waals surface area contributed by atoms with Crippen molar-refractivity contribution in [2.75, 3.05) is 19.2 Å². The molecule has 0 spiro atoms. The fourth-order valence-electron chi connectivity index (χ4n) is 4.99. The van der Waals surface area contributed by atoms with Crippen LogP contribution in [0.3, 0.4) is 0 Å². The van der Waals surface area contributed by atoms with Gasteiger partial charge in [-0.3, -0.25) is 0 Å². The van der Waals surface area contributed by atoms with Crippen molar-refractivity contribution in [2.24, 2.45) is 5.10 Å². The molecule has 0 saturated carbocycles. The van der Waals surface area contributed by atoms with Crippen molar-refractivity contribution < 1.29 is 9.47 Å². The van der Waals surface area contributed by atoms with E-state index in [9.17, 15) is 0 Å². The molecule has 0 aliphatic carbocycles. The highest BCUT2D eigenvalue weighted by atomic mass is 16.5. The van der Waals surface area contributed by atoms with Crippen LogP contribution in [0.2, 0.25) is 0 Å². The highest BCUT2D eigenvalue weighted by molar-refractivity contribution is 6.03. The van der Waals surface area contributed by atoms with Crippen LogP contribution in [0.25, 0.3) is 22.5 Å². The Morgan fingerprint density at radius 2 is 1.27 bits per heavy atom. The number of ether oxygens (including phenoxy) is 2. The quantitative estimate of drug-likeness (QED) is 0.220. The van der Waals surface area contributed by atoms with Gasteiger partial charge in [-0.1, -0.05) is 90.5 Å². The van der Waals surface area contributed by atoms with Gasteiger partial charge >= 0.3 is 0 Å². The second-order valence-corrected chi connectivity index (χ2v) is 9.76. The van der Waals surface area contributed by atoms with E-state index in [4.69, 9.17) is 24.5 Å². The third-order valence-corrected chi connectivity index (χ3v) is 7.15. The van der Waals surface area contributed by atoms with Crippen LogP contribution in [0.4, 0.5) is 5.95 Å². The summed E-state index contributed by atoms with van der Waals surface area (Å²) in [4.78, 5) is 10.1. The first-order valence-corrected chi connectivity index (χ1v) is 13.3. The van der Waals surface area contributed by atoms with Gasteiger partial charge in [-0.2, -0.15) is 5.10 Å². The smallest absolute Gasteiger partial charge is 0.247 e. The van der Waals surface area contributed by atoms with Crippen molar-refractivity contribution in [3.8, 4) is 34.0 Å². The molecule has 1 unspecified atom stereocenters. The summed E-state index contributed by atoms with van der Waals surface area (Å²) < 4.78 is 11.1. The Morgan fingerprint density at radius 3 is 1.95 bits per heavy atom. The van der Waals surface area contributed by atoms with Gasteiger partial charge in [0.1, 0.15) is 0 Å². The second-order valence-electron chi connectivity index (χ2n) is 9.76. The Bertz CT molecular complexity index is 1650. The zero-order valence-electron chi connectivity index (χ0n) is 22.8. The van der Waals surface area contributed by atoms with Gasteiger partial charge < -0.3 is 9.47 Å². The standard InChI is InChI=1S/C34H30N4O2/c1-23-14-16-25(17-15-23)28-21-29(27-18-19-32(39-2)33(20-27)40-3)36-34(35-28)38-31(26-12-8-5-9-13-26)22-30(37-38)24-10-6-4-7-11-24/h4-21,31H,22H2,1-3H3. The van der Waals surface area contributed by atoms with Crippen molar-refractivity contribution in [2.45, 2.75) is 19.4 Å². The minimum Gasteiger partial charge on any atom is -0.493 e. The van der Waals surface area contributed by atoms with E-state index in [1.54, 1.807) is 14.2 Å². The lowest BCUT2D eigenvalue weighted by Crippen LogP contribution is -2.21. The number of rotatable bonds is 7. The number of methoxy groups -OCH3 is 2. The van der Waals surface area contributed by atoms with Gasteiger partial charge in [-0.25, -0.2) is 15.0 Å². The van der Waals surface area contributed by atoms with E-state index in [1.807, 2.05) is 53.5 Å². The second kappa shape index (κ2) is 11.0. The SMILES string of the molecule is COc1ccc(-c2cc(-c3ccc(C)cc3)nc(N3N=C(c4ccccc4)CC3c3ccccc3)n2)cc1OC. The first-order chi connectivity index (χ1) is 19.6. The molecule has 0 radical (unpaired) electrons. The third kappa shape index (κ3) is 5.04. The monoisotopic (exact) mass is 526 g/mol. The van der Waals surface area contributed by atoms with E-state index in [2.05, 4.69) is 67.6 Å². The Kier molecular flexibility index (Phi) is 6.98. The first-order valence-electron chi connectivity index (χ1n) is 13.3. The van der Waals surface area contributed by atoms with E-state index in [1.165, 1.54) is 5.56 Å². The molecule has 198 valence electrons. The molecule has 0 fully saturated rings. The molecule has 4 aromatic carbocycles. The van der Waals surface area contributed by atoms with E-state index in [0.717, 1.165) is 45.8 Å². The van der Waals surface area contributed by atoms with Crippen molar-refractivity contribution in [3.05, 3.63) is 126 Å². The van der Waals surface area contributed by atoms with Crippen molar-refractivity contribution >= 4 is 11.7 Å². The van der Waals surface area contributed by atoms with Crippen molar-refractivity contribution in [3.63, 3.8) is 0 Å². The Morgan fingerprint density at radius 1 is 0.650 bits per heavy atom. The minimum absolute atomic E-state index is 0.0390. The number of aromatic nitrogens is 2. The summed E-state index contributed by atoms with van der Waals surface area (Å²) >= 11 is 0. The molecule has 6 heteroatoms. The van der Waals surface area contributed by atoms with Crippen LogP contribution in [-0.4, -0.2) is 29.9 Å². The van der Waals surface area contributed by atoms with Crippen LogP contribution in [0.5, 0.6) is 11.5 Å². The van der Waals surface area contributed by atoms with E-state index in [-0.39, 0.29) is 6.04 Å². The summed E-state index contributed by atoms with van der Waals surface area (Å²) in [6.07, 6.45) is 0.748. The minimum atomic E-state index is -0.0390. The molecule has 6 rings (SSSR count). The van der Waals surface area contributed by atoms with E-state index < -0.39 is 0 Å². The average molecular weight is 527 g/mol. The van der Waals surface area contributed by atoms with Crippen LogP contribution < -0.4 is 14.5 Å². The molecule has 0 bridgehead atoms. The number of hydrogen-bond donors (Lipinski definition) is 0. The maximum Gasteiger partial charge on any atom is 0.247 e. The molecule has 1 atom stereocenters. The van der Waals surface area contributed by atoms with Gasteiger partial charge in [0.15, 0.2) is 11.5 Å². The number of hydrogen-bond acceptors (Lipinski definition) is 6. The highest BCUT2D eigenvalue weighted by Crippen LogP contribution is 2.38. The summed E-state index contributed by atoms with van der Waals surface area (Å²) in [6, 6.07) is 36.9. The summed E-state index contributed by atoms with van der Waals surface area (Å²) in [6.45, 7) is 2.08. The largest absolute Gasteiger partial charge is 0.493 e. The molecule has 0 saturated heterocycles. The Labute approximate surface area is 234 Å². The van der Waals surface area contributed by atoms with Gasteiger partial charge in [0, 0.05) is 17.5 Å². The molecule has 6 nitrogen and oxygen atoms in total. The van der Waals surface area contributed by atoms with Gasteiger partial charge in [-0.15, -0.1) is 0 Å². The van der Waals surface area contributed by atoms with Gasteiger partial charge in [0.05, 0.1) is 37.4 Å². The first kappa shape index (κ1) is 25.3. The summed E-state index contributed by atoms with van der Waals surface area (Å²) in [5.74, 6) is 1.85. The topological polar surface area (TPSA) is 59.8 Å². The molecule has 40 heavy (non-hydrogen) atoms. The zero-order chi connectivity index (χ0) is 27.5. The number of hydrazone groups is 1. The maximum absolute atomic E-state index is 5.59. The summed E-state index contributed by atoms with van der Waals surface area (Å²) in [5.41, 5.74) is 7.97. The van der Waals surface area contributed by atoms with Gasteiger partial charge in [-0.05, 0) is 42.3 Å². The predicted octanol–water partition coefficient (Wildman–Crippen LogP) is 7.49. The molecule has 1 aliphatic heterocycles. The van der Waals surface area contributed by atoms with Crippen LogP contribution in [0.1, 0.15) is 29.2 Å². The number of benzene rings is 4. The molecule has 2 heterocycles. The van der Waals surface area contributed by atoms with Crippen LogP contribution in [-0.2, 0) is 0 Å².